The lowest BCUT2D eigenvalue weighted by Crippen LogP contribution is -1.95. The highest BCUT2D eigenvalue weighted by atomic mass is 33.1. The molecule has 0 fully saturated rings. The molecular formula is C8H14OS2. The van der Waals surface area contributed by atoms with E-state index in [4.69, 9.17) is 0 Å². The molecule has 3 heteroatoms. The normalized spacial score (nSPS) is 9.55. The quantitative estimate of drug-likeness (QED) is 0.349. The van der Waals surface area contributed by atoms with E-state index in [1.54, 1.807) is 21.6 Å². The maximum absolute atomic E-state index is 10.8. The molecule has 0 amide bonds. The van der Waals surface area contributed by atoms with Crippen LogP contribution in [0.2, 0.25) is 0 Å². The molecular weight excluding hydrogens is 176 g/mol. The summed E-state index contributed by atoms with van der Waals surface area (Å²) in [6.07, 6.45) is 3.26. The number of carbonyl (C=O) groups excluding carboxylic acids is 1. The predicted octanol–water partition coefficient (Wildman–Crippen LogP) is 2.92. The zero-order chi connectivity index (χ0) is 8.53. The van der Waals surface area contributed by atoms with Crippen LogP contribution in [0.25, 0.3) is 0 Å². The van der Waals surface area contributed by atoms with Crippen LogP contribution in [-0.4, -0.2) is 17.3 Å². The first kappa shape index (κ1) is 11.1. The summed E-state index contributed by atoms with van der Waals surface area (Å²) in [5.74, 6) is 2.26. The zero-order valence-electron chi connectivity index (χ0n) is 6.84. The van der Waals surface area contributed by atoms with Crippen molar-refractivity contribution in [2.45, 2.75) is 19.8 Å². The second kappa shape index (κ2) is 8.21. The van der Waals surface area contributed by atoms with Crippen LogP contribution < -0.4 is 0 Å². The highest BCUT2D eigenvalue weighted by Gasteiger charge is 1.96. The van der Waals surface area contributed by atoms with Gasteiger partial charge in [-0.25, -0.2) is 0 Å². The van der Waals surface area contributed by atoms with Gasteiger partial charge in [-0.05, 0) is 0 Å². The Kier molecular flexibility index (Phi) is 8.29. The van der Waals surface area contributed by atoms with Crippen LogP contribution in [0.4, 0.5) is 0 Å². The van der Waals surface area contributed by atoms with Gasteiger partial charge < -0.3 is 0 Å². The second-order valence-electron chi connectivity index (χ2n) is 2.04. The van der Waals surface area contributed by atoms with Crippen molar-refractivity contribution in [2.75, 3.05) is 11.5 Å². The fourth-order valence-electron chi connectivity index (χ4n) is 0.487. The molecule has 64 valence electrons. The number of hydrogen-bond acceptors (Lipinski definition) is 3. The van der Waals surface area contributed by atoms with E-state index in [1.807, 2.05) is 13.0 Å². The molecule has 0 aliphatic rings. The summed E-state index contributed by atoms with van der Waals surface area (Å²) in [5.41, 5.74) is 0. The standard InChI is InChI=1S/C8H14OS2/c1-3-6-10-11-7-5-8(9)4-2/h3H,1,4-7H2,2H3. The topological polar surface area (TPSA) is 17.1 Å². The van der Waals surface area contributed by atoms with Gasteiger partial charge in [-0.3, -0.25) is 4.79 Å². The average Bonchev–Trinajstić information content (AvgIpc) is 2.04. The van der Waals surface area contributed by atoms with E-state index in [-0.39, 0.29) is 0 Å². The van der Waals surface area contributed by atoms with E-state index < -0.39 is 0 Å². The summed E-state index contributed by atoms with van der Waals surface area (Å²) in [4.78, 5) is 10.8. The van der Waals surface area contributed by atoms with Crippen molar-refractivity contribution in [3.8, 4) is 0 Å². The maximum atomic E-state index is 10.8. The minimum Gasteiger partial charge on any atom is -0.300 e. The van der Waals surface area contributed by atoms with Gasteiger partial charge in [0.2, 0.25) is 0 Å². The Morgan fingerprint density at radius 3 is 2.82 bits per heavy atom. The molecule has 0 aliphatic carbocycles. The van der Waals surface area contributed by atoms with Crippen molar-refractivity contribution in [1.82, 2.24) is 0 Å². The summed E-state index contributed by atoms with van der Waals surface area (Å²) >= 11 is 0. The largest absolute Gasteiger partial charge is 0.300 e. The second-order valence-corrected chi connectivity index (χ2v) is 4.66. The summed E-state index contributed by atoms with van der Waals surface area (Å²) in [6, 6.07) is 0. The Morgan fingerprint density at radius 2 is 2.27 bits per heavy atom. The van der Waals surface area contributed by atoms with Gasteiger partial charge in [0, 0.05) is 24.3 Å². The van der Waals surface area contributed by atoms with Crippen molar-refractivity contribution >= 4 is 27.4 Å². The van der Waals surface area contributed by atoms with E-state index in [0.717, 1.165) is 11.5 Å². The van der Waals surface area contributed by atoms with E-state index in [9.17, 15) is 4.79 Å². The third-order valence-electron chi connectivity index (χ3n) is 1.13. The minimum absolute atomic E-state index is 0.358. The van der Waals surface area contributed by atoms with Crippen LogP contribution in [0.15, 0.2) is 12.7 Å². The summed E-state index contributed by atoms with van der Waals surface area (Å²) in [7, 11) is 3.50. The summed E-state index contributed by atoms with van der Waals surface area (Å²) in [6.45, 7) is 5.52. The maximum Gasteiger partial charge on any atom is 0.133 e. The highest BCUT2D eigenvalue weighted by molar-refractivity contribution is 8.76. The number of rotatable bonds is 7. The molecule has 0 unspecified atom stereocenters. The van der Waals surface area contributed by atoms with Crippen LogP contribution in [-0.2, 0) is 4.79 Å². The summed E-state index contributed by atoms with van der Waals surface area (Å²) in [5, 5.41) is 0. The Bertz CT molecular complexity index is 123. The van der Waals surface area contributed by atoms with Gasteiger partial charge in [-0.1, -0.05) is 34.6 Å². The number of Topliss-reactive ketones (excluding diaryl/α,β-unsaturated/α-hetero) is 1. The molecule has 1 nitrogen and oxygen atoms in total. The molecule has 0 saturated heterocycles. The average molecular weight is 190 g/mol. The van der Waals surface area contributed by atoms with Crippen LogP contribution in [0.5, 0.6) is 0 Å². The SMILES string of the molecule is C=CCSSCCC(=O)CC. The van der Waals surface area contributed by atoms with Gasteiger partial charge in [0.15, 0.2) is 0 Å². The lowest BCUT2D eigenvalue weighted by atomic mass is 10.2. The highest BCUT2D eigenvalue weighted by Crippen LogP contribution is 2.21. The first-order valence-electron chi connectivity index (χ1n) is 3.68. The molecule has 0 aromatic rings. The first-order valence-corrected chi connectivity index (χ1v) is 6.17. The monoisotopic (exact) mass is 190 g/mol. The molecule has 0 aromatic heterocycles. The Labute approximate surface area is 76.4 Å². The predicted molar refractivity (Wildman–Crippen MR) is 55.0 cm³/mol. The van der Waals surface area contributed by atoms with Crippen molar-refractivity contribution < 1.29 is 4.79 Å². The van der Waals surface area contributed by atoms with Crippen LogP contribution >= 0.6 is 21.6 Å². The fraction of sp³-hybridized carbons (Fsp3) is 0.625. The molecule has 0 saturated carbocycles. The smallest absolute Gasteiger partial charge is 0.133 e. The molecule has 0 radical (unpaired) electrons. The third-order valence-corrected chi connectivity index (χ3v) is 3.45. The molecule has 0 N–H and O–H groups in total. The minimum atomic E-state index is 0.358. The molecule has 0 aromatic carbocycles. The van der Waals surface area contributed by atoms with Crippen LogP contribution in [0.3, 0.4) is 0 Å². The van der Waals surface area contributed by atoms with Crippen LogP contribution in [0, 0.1) is 0 Å². The van der Waals surface area contributed by atoms with Crippen molar-refractivity contribution in [1.29, 1.82) is 0 Å². The Balaban J connectivity index is 3.01. The number of ketones is 1. The van der Waals surface area contributed by atoms with E-state index in [0.29, 0.717) is 18.6 Å². The van der Waals surface area contributed by atoms with Crippen molar-refractivity contribution in [3.63, 3.8) is 0 Å². The number of carbonyl (C=O) groups is 1. The zero-order valence-corrected chi connectivity index (χ0v) is 8.47. The van der Waals surface area contributed by atoms with Gasteiger partial charge in [0.05, 0.1) is 0 Å². The molecule has 0 heterocycles. The van der Waals surface area contributed by atoms with Gasteiger partial charge in [-0.15, -0.1) is 6.58 Å². The Morgan fingerprint density at radius 1 is 1.55 bits per heavy atom. The fourth-order valence-corrected chi connectivity index (χ4v) is 2.29. The summed E-state index contributed by atoms with van der Waals surface area (Å²) < 4.78 is 0. The molecule has 0 atom stereocenters. The molecule has 11 heavy (non-hydrogen) atoms. The van der Waals surface area contributed by atoms with Crippen molar-refractivity contribution in [3.05, 3.63) is 12.7 Å². The molecule has 0 bridgehead atoms. The first-order chi connectivity index (χ1) is 5.31. The van der Waals surface area contributed by atoms with E-state index in [1.165, 1.54) is 0 Å². The molecule has 0 spiro atoms. The lowest BCUT2D eigenvalue weighted by Gasteiger charge is -1.96. The number of hydrogen-bond donors (Lipinski definition) is 0. The Hall–Kier alpha value is 0.110. The van der Waals surface area contributed by atoms with E-state index in [2.05, 4.69) is 6.58 Å². The van der Waals surface area contributed by atoms with Crippen LogP contribution in [0.1, 0.15) is 19.8 Å². The van der Waals surface area contributed by atoms with Crippen molar-refractivity contribution in [2.24, 2.45) is 0 Å². The van der Waals surface area contributed by atoms with Gasteiger partial charge in [0.25, 0.3) is 0 Å². The van der Waals surface area contributed by atoms with E-state index >= 15 is 0 Å². The van der Waals surface area contributed by atoms with Gasteiger partial charge in [0.1, 0.15) is 5.78 Å². The van der Waals surface area contributed by atoms with Gasteiger partial charge in [-0.2, -0.15) is 0 Å². The third kappa shape index (κ3) is 8.01. The molecule has 0 rings (SSSR count). The molecule has 0 aliphatic heterocycles. The lowest BCUT2D eigenvalue weighted by molar-refractivity contribution is -0.118. The van der Waals surface area contributed by atoms with Gasteiger partial charge >= 0.3 is 0 Å².